The van der Waals surface area contributed by atoms with Crippen molar-refractivity contribution in [1.82, 2.24) is 14.8 Å². The summed E-state index contributed by atoms with van der Waals surface area (Å²) in [5, 5.41) is 0. The van der Waals surface area contributed by atoms with E-state index in [-0.39, 0.29) is 5.91 Å². The van der Waals surface area contributed by atoms with E-state index in [0.29, 0.717) is 12.3 Å². The first-order chi connectivity index (χ1) is 9.24. The zero-order chi connectivity index (χ0) is 13.7. The van der Waals surface area contributed by atoms with Gasteiger partial charge in [0.1, 0.15) is 0 Å². The second-order valence-electron chi connectivity index (χ2n) is 4.67. The van der Waals surface area contributed by atoms with Crippen LogP contribution in [0.4, 0.5) is 0 Å². The maximum atomic E-state index is 11.8. The molecule has 0 N–H and O–H groups in total. The van der Waals surface area contributed by atoms with E-state index in [0.717, 1.165) is 38.3 Å². The van der Waals surface area contributed by atoms with E-state index >= 15 is 0 Å². The van der Waals surface area contributed by atoms with Gasteiger partial charge >= 0.3 is 0 Å². The number of nitrogens with zero attached hydrogens (tertiary/aromatic N) is 3. The van der Waals surface area contributed by atoms with Gasteiger partial charge in [0.05, 0.1) is 7.11 Å². The Morgan fingerprint density at radius 3 is 2.95 bits per heavy atom. The first kappa shape index (κ1) is 13.8. The molecule has 0 spiro atoms. The molecule has 1 saturated heterocycles. The molecule has 0 aliphatic carbocycles. The Labute approximate surface area is 114 Å². The van der Waals surface area contributed by atoms with Crippen molar-refractivity contribution in [1.29, 1.82) is 0 Å². The summed E-state index contributed by atoms with van der Waals surface area (Å²) in [5.41, 5.74) is 1.07. The summed E-state index contributed by atoms with van der Waals surface area (Å²) in [5.74, 6) is 0.925. The monoisotopic (exact) mass is 263 g/mol. The Morgan fingerprint density at radius 1 is 1.37 bits per heavy atom. The van der Waals surface area contributed by atoms with Crippen molar-refractivity contribution >= 4 is 5.91 Å². The molecule has 0 aromatic carbocycles. The van der Waals surface area contributed by atoms with Crippen LogP contribution in [0.3, 0.4) is 0 Å². The molecule has 1 aromatic rings. The van der Waals surface area contributed by atoms with Crippen LogP contribution in [0.2, 0.25) is 0 Å². The summed E-state index contributed by atoms with van der Waals surface area (Å²) in [6.07, 6.45) is 2.32. The molecular weight excluding hydrogens is 242 g/mol. The number of ether oxygens (including phenoxy) is 1. The summed E-state index contributed by atoms with van der Waals surface area (Å²) in [4.78, 5) is 20.2. The van der Waals surface area contributed by atoms with Crippen LogP contribution < -0.4 is 4.74 Å². The van der Waals surface area contributed by atoms with Gasteiger partial charge in [-0.3, -0.25) is 9.69 Å². The molecule has 0 bridgehead atoms. The Hall–Kier alpha value is -1.62. The molecule has 5 nitrogen and oxygen atoms in total. The molecule has 0 radical (unpaired) electrons. The second kappa shape index (κ2) is 6.52. The molecule has 19 heavy (non-hydrogen) atoms. The lowest BCUT2D eigenvalue weighted by atomic mass is 10.2. The summed E-state index contributed by atoms with van der Waals surface area (Å²) < 4.78 is 5.27. The minimum absolute atomic E-state index is 0.253. The molecule has 0 atom stereocenters. The highest BCUT2D eigenvalue weighted by atomic mass is 16.5. The highest BCUT2D eigenvalue weighted by Crippen LogP contribution is 2.17. The highest BCUT2D eigenvalue weighted by Gasteiger charge is 2.20. The minimum atomic E-state index is 0.253. The SMILES string of the molecule is CCN1CCN(Cc2cccnc2OC)CCC1=O. The van der Waals surface area contributed by atoms with Gasteiger partial charge in [0.2, 0.25) is 11.8 Å². The number of carbonyl (C=O) groups is 1. The van der Waals surface area contributed by atoms with Crippen molar-refractivity contribution in [2.24, 2.45) is 0 Å². The maximum absolute atomic E-state index is 11.8. The minimum Gasteiger partial charge on any atom is -0.481 e. The van der Waals surface area contributed by atoms with E-state index in [4.69, 9.17) is 4.74 Å². The van der Waals surface area contributed by atoms with Crippen molar-refractivity contribution < 1.29 is 9.53 Å². The van der Waals surface area contributed by atoms with Crippen LogP contribution in [-0.4, -0.2) is 54.0 Å². The fourth-order valence-corrected chi connectivity index (χ4v) is 2.37. The molecule has 2 heterocycles. The third kappa shape index (κ3) is 3.44. The molecule has 1 aliphatic heterocycles. The van der Waals surface area contributed by atoms with E-state index in [2.05, 4.69) is 9.88 Å². The van der Waals surface area contributed by atoms with Crippen LogP contribution in [0.1, 0.15) is 18.9 Å². The Kier molecular flexibility index (Phi) is 4.74. The Bertz CT molecular complexity index is 436. The van der Waals surface area contributed by atoms with Crippen LogP contribution in [0, 0.1) is 0 Å². The number of pyridine rings is 1. The lowest BCUT2D eigenvalue weighted by Gasteiger charge is -2.21. The number of methoxy groups -OCH3 is 1. The van der Waals surface area contributed by atoms with Crippen LogP contribution in [0.25, 0.3) is 0 Å². The topological polar surface area (TPSA) is 45.7 Å². The summed E-state index contributed by atoms with van der Waals surface area (Å²) in [6.45, 7) is 6.10. The average molecular weight is 263 g/mol. The van der Waals surface area contributed by atoms with E-state index in [1.807, 2.05) is 24.0 Å². The predicted octanol–water partition coefficient (Wildman–Crippen LogP) is 1.14. The molecular formula is C14H21N3O2. The molecule has 1 aromatic heterocycles. The number of likely N-dealkylation sites (N-methyl/N-ethyl adjacent to an activating group) is 1. The quantitative estimate of drug-likeness (QED) is 0.817. The normalized spacial score (nSPS) is 17.4. The zero-order valence-electron chi connectivity index (χ0n) is 11.6. The zero-order valence-corrected chi connectivity index (χ0v) is 11.6. The lowest BCUT2D eigenvalue weighted by molar-refractivity contribution is -0.130. The largest absolute Gasteiger partial charge is 0.481 e. The van der Waals surface area contributed by atoms with Crippen molar-refractivity contribution in [2.75, 3.05) is 33.3 Å². The molecule has 104 valence electrons. The van der Waals surface area contributed by atoms with Gasteiger partial charge in [-0.1, -0.05) is 6.07 Å². The van der Waals surface area contributed by atoms with Crippen molar-refractivity contribution in [2.45, 2.75) is 19.9 Å². The number of amides is 1. The second-order valence-corrected chi connectivity index (χ2v) is 4.67. The van der Waals surface area contributed by atoms with Gasteiger partial charge in [0.25, 0.3) is 0 Å². The fourth-order valence-electron chi connectivity index (χ4n) is 2.37. The van der Waals surface area contributed by atoms with Gasteiger partial charge in [-0.2, -0.15) is 0 Å². The van der Waals surface area contributed by atoms with Crippen LogP contribution >= 0.6 is 0 Å². The van der Waals surface area contributed by atoms with E-state index in [1.54, 1.807) is 13.3 Å². The lowest BCUT2D eigenvalue weighted by Crippen LogP contribution is -2.32. The van der Waals surface area contributed by atoms with Crippen LogP contribution in [0.5, 0.6) is 5.88 Å². The first-order valence-electron chi connectivity index (χ1n) is 6.72. The van der Waals surface area contributed by atoms with Gasteiger partial charge in [-0.05, 0) is 13.0 Å². The van der Waals surface area contributed by atoms with Gasteiger partial charge in [-0.25, -0.2) is 4.98 Å². The molecule has 5 heteroatoms. The fraction of sp³-hybridized carbons (Fsp3) is 0.571. The first-order valence-corrected chi connectivity index (χ1v) is 6.72. The van der Waals surface area contributed by atoms with Gasteiger partial charge in [-0.15, -0.1) is 0 Å². The molecule has 0 saturated carbocycles. The van der Waals surface area contributed by atoms with Gasteiger partial charge in [0.15, 0.2) is 0 Å². The smallest absolute Gasteiger partial charge is 0.223 e. The number of hydrogen-bond donors (Lipinski definition) is 0. The molecule has 1 amide bonds. The molecule has 0 unspecified atom stereocenters. The van der Waals surface area contributed by atoms with Crippen LogP contribution in [-0.2, 0) is 11.3 Å². The summed E-state index contributed by atoms with van der Waals surface area (Å²) in [7, 11) is 1.64. The van der Waals surface area contributed by atoms with Crippen molar-refractivity contribution in [3.05, 3.63) is 23.9 Å². The van der Waals surface area contributed by atoms with Gasteiger partial charge < -0.3 is 9.64 Å². The number of carbonyl (C=O) groups excluding carboxylic acids is 1. The third-order valence-electron chi connectivity index (χ3n) is 3.50. The van der Waals surface area contributed by atoms with Crippen molar-refractivity contribution in [3.63, 3.8) is 0 Å². The predicted molar refractivity (Wildman–Crippen MR) is 72.9 cm³/mol. The average Bonchev–Trinajstić information content (AvgIpc) is 2.62. The molecule has 1 fully saturated rings. The summed E-state index contributed by atoms with van der Waals surface area (Å²) in [6, 6.07) is 3.94. The molecule has 2 rings (SSSR count). The van der Waals surface area contributed by atoms with Crippen LogP contribution in [0.15, 0.2) is 18.3 Å². The summed E-state index contributed by atoms with van der Waals surface area (Å²) >= 11 is 0. The van der Waals surface area contributed by atoms with E-state index in [1.165, 1.54) is 0 Å². The van der Waals surface area contributed by atoms with Gasteiger partial charge in [0, 0.05) is 50.9 Å². The molecule has 1 aliphatic rings. The number of rotatable bonds is 4. The van der Waals surface area contributed by atoms with E-state index < -0.39 is 0 Å². The van der Waals surface area contributed by atoms with E-state index in [9.17, 15) is 4.79 Å². The Morgan fingerprint density at radius 2 is 2.21 bits per heavy atom. The maximum Gasteiger partial charge on any atom is 0.223 e. The van der Waals surface area contributed by atoms with Crippen molar-refractivity contribution in [3.8, 4) is 5.88 Å². The third-order valence-corrected chi connectivity index (χ3v) is 3.50. The number of aromatic nitrogens is 1. The highest BCUT2D eigenvalue weighted by molar-refractivity contribution is 5.76. The Balaban J connectivity index is 2.01. The standard InChI is InChI=1S/C14H21N3O2/c1-3-17-10-9-16(8-6-13(17)18)11-12-5-4-7-15-14(12)19-2/h4-5,7H,3,6,8-11H2,1-2H3. The number of hydrogen-bond acceptors (Lipinski definition) is 4.